The predicted molar refractivity (Wildman–Crippen MR) is 107 cm³/mol. The fraction of sp³-hybridized carbons (Fsp3) is 0.409. The Labute approximate surface area is 165 Å². The first kappa shape index (κ1) is 18.6. The molecule has 0 spiro atoms. The van der Waals surface area contributed by atoms with Crippen LogP contribution in [0, 0.1) is 0 Å². The quantitative estimate of drug-likeness (QED) is 0.856. The van der Waals surface area contributed by atoms with E-state index in [0.717, 1.165) is 48.7 Å². The molecule has 2 heterocycles. The van der Waals surface area contributed by atoms with E-state index >= 15 is 0 Å². The summed E-state index contributed by atoms with van der Waals surface area (Å²) in [4.78, 5) is 14.8. The number of nitrogens with zero attached hydrogens (tertiary/aromatic N) is 1. The lowest BCUT2D eigenvalue weighted by atomic mass is 10.0. The molecule has 0 radical (unpaired) electrons. The standard InChI is InChI=1S/C22H26N2O4/c1-26-18-8-6-17(7-9-18)23-22(25)15-24-11-2-4-19(24)16-5-10-20-21(14-16)28-13-3-12-27-20/h5-10,14,19H,2-4,11-13,15H2,1H3,(H,23,25). The van der Waals surface area contributed by atoms with Gasteiger partial charge in [-0.2, -0.15) is 0 Å². The van der Waals surface area contributed by atoms with Crippen LogP contribution >= 0.6 is 0 Å². The molecule has 28 heavy (non-hydrogen) atoms. The van der Waals surface area contributed by atoms with Crippen LogP contribution in [0.3, 0.4) is 0 Å². The average molecular weight is 382 g/mol. The molecule has 4 rings (SSSR count). The molecular weight excluding hydrogens is 356 g/mol. The van der Waals surface area contributed by atoms with Gasteiger partial charge in [0.25, 0.3) is 0 Å². The predicted octanol–water partition coefficient (Wildman–Crippen LogP) is 3.63. The minimum atomic E-state index is -0.00795. The number of likely N-dealkylation sites (tertiary alicyclic amines) is 1. The number of amides is 1. The minimum absolute atomic E-state index is 0.00795. The molecule has 148 valence electrons. The van der Waals surface area contributed by atoms with Gasteiger partial charge in [-0.1, -0.05) is 6.07 Å². The molecule has 1 amide bonds. The molecule has 1 N–H and O–H groups in total. The molecule has 2 aromatic carbocycles. The van der Waals surface area contributed by atoms with Crippen molar-refractivity contribution in [3.05, 3.63) is 48.0 Å². The SMILES string of the molecule is COc1ccc(NC(=O)CN2CCCC2c2ccc3c(c2)OCCCO3)cc1. The van der Waals surface area contributed by atoms with E-state index in [9.17, 15) is 4.79 Å². The molecule has 1 fully saturated rings. The van der Waals surface area contributed by atoms with E-state index in [1.807, 2.05) is 30.3 Å². The third-order valence-corrected chi connectivity index (χ3v) is 5.24. The van der Waals surface area contributed by atoms with Crippen molar-refractivity contribution in [2.24, 2.45) is 0 Å². The maximum Gasteiger partial charge on any atom is 0.238 e. The average Bonchev–Trinajstić information content (AvgIpc) is 3.03. The maximum absolute atomic E-state index is 12.5. The molecule has 6 heteroatoms. The number of nitrogens with one attached hydrogen (secondary N) is 1. The van der Waals surface area contributed by atoms with Gasteiger partial charge in [0.05, 0.1) is 26.9 Å². The summed E-state index contributed by atoms with van der Waals surface area (Å²) in [5, 5.41) is 2.97. The summed E-state index contributed by atoms with van der Waals surface area (Å²) in [5.74, 6) is 2.38. The van der Waals surface area contributed by atoms with Gasteiger partial charge in [-0.25, -0.2) is 0 Å². The smallest absolute Gasteiger partial charge is 0.238 e. The highest BCUT2D eigenvalue weighted by atomic mass is 16.5. The molecule has 6 nitrogen and oxygen atoms in total. The van der Waals surface area contributed by atoms with E-state index in [0.29, 0.717) is 19.8 Å². The fourth-order valence-corrected chi connectivity index (χ4v) is 3.84. The Bertz CT molecular complexity index is 822. The number of hydrogen-bond acceptors (Lipinski definition) is 5. The Morgan fingerprint density at radius 2 is 1.89 bits per heavy atom. The van der Waals surface area contributed by atoms with E-state index in [4.69, 9.17) is 14.2 Å². The number of fused-ring (bicyclic) bond motifs is 1. The van der Waals surface area contributed by atoms with Crippen LogP contribution in [-0.4, -0.2) is 44.2 Å². The lowest BCUT2D eigenvalue weighted by molar-refractivity contribution is -0.117. The zero-order valence-electron chi connectivity index (χ0n) is 16.1. The van der Waals surface area contributed by atoms with Gasteiger partial charge in [-0.05, 0) is 61.3 Å². The fourth-order valence-electron chi connectivity index (χ4n) is 3.84. The molecule has 0 aromatic heterocycles. The second-order valence-electron chi connectivity index (χ2n) is 7.16. The van der Waals surface area contributed by atoms with Crippen LogP contribution in [0.2, 0.25) is 0 Å². The summed E-state index contributed by atoms with van der Waals surface area (Å²) in [5.41, 5.74) is 1.95. The van der Waals surface area contributed by atoms with Crippen LogP contribution in [0.5, 0.6) is 17.2 Å². The van der Waals surface area contributed by atoms with Crippen LogP contribution in [0.1, 0.15) is 30.9 Å². The first-order chi connectivity index (χ1) is 13.7. The first-order valence-corrected chi connectivity index (χ1v) is 9.80. The number of hydrogen-bond donors (Lipinski definition) is 1. The maximum atomic E-state index is 12.5. The van der Waals surface area contributed by atoms with Crippen molar-refractivity contribution in [3.8, 4) is 17.2 Å². The molecule has 1 atom stereocenters. The second-order valence-corrected chi connectivity index (χ2v) is 7.16. The highest BCUT2D eigenvalue weighted by molar-refractivity contribution is 5.92. The number of methoxy groups -OCH3 is 1. The summed E-state index contributed by atoms with van der Waals surface area (Å²) in [7, 11) is 1.63. The third-order valence-electron chi connectivity index (χ3n) is 5.24. The highest BCUT2D eigenvalue weighted by Gasteiger charge is 2.28. The van der Waals surface area contributed by atoms with Crippen molar-refractivity contribution in [1.29, 1.82) is 0 Å². The lowest BCUT2D eigenvalue weighted by Crippen LogP contribution is -2.32. The van der Waals surface area contributed by atoms with Gasteiger partial charge >= 0.3 is 0 Å². The third kappa shape index (κ3) is 4.22. The topological polar surface area (TPSA) is 60.0 Å². The van der Waals surface area contributed by atoms with E-state index in [-0.39, 0.29) is 11.9 Å². The van der Waals surface area contributed by atoms with Gasteiger partial charge in [0, 0.05) is 18.2 Å². The van der Waals surface area contributed by atoms with E-state index < -0.39 is 0 Å². The van der Waals surface area contributed by atoms with Crippen LogP contribution in [0.15, 0.2) is 42.5 Å². The van der Waals surface area contributed by atoms with E-state index in [1.165, 1.54) is 5.56 Å². The largest absolute Gasteiger partial charge is 0.497 e. The van der Waals surface area contributed by atoms with Crippen LogP contribution in [-0.2, 0) is 4.79 Å². The number of rotatable bonds is 5. The van der Waals surface area contributed by atoms with Crippen LogP contribution in [0.4, 0.5) is 5.69 Å². The molecule has 1 saturated heterocycles. The molecular formula is C22H26N2O4. The summed E-state index contributed by atoms with van der Waals surface area (Å²) in [6, 6.07) is 13.8. The van der Waals surface area contributed by atoms with Crippen molar-refractivity contribution in [2.45, 2.75) is 25.3 Å². The lowest BCUT2D eigenvalue weighted by Gasteiger charge is -2.25. The molecule has 0 saturated carbocycles. The zero-order valence-corrected chi connectivity index (χ0v) is 16.1. The molecule has 2 aliphatic rings. The summed E-state index contributed by atoms with van der Waals surface area (Å²) in [6.45, 7) is 2.64. The first-order valence-electron chi connectivity index (χ1n) is 9.80. The number of carbonyl (C=O) groups is 1. The Morgan fingerprint density at radius 1 is 1.11 bits per heavy atom. The summed E-state index contributed by atoms with van der Waals surface area (Å²) >= 11 is 0. The van der Waals surface area contributed by atoms with Crippen molar-refractivity contribution in [2.75, 3.05) is 38.7 Å². The summed E-state index contributed by atoms with van der Waals surface area (Å²) < 4.78 is 16.7. The zero-order chi connectivity index (χ0) is 19.3. The van der Waals surface area contributed by atoms with Crippen molar-refractivity contribution in [3.63, 3.8) is 0 Å². The number of anilines is 1. The van der Waals surface area contributed by atoms with E-state index in [2.05, 4.69) is 22.3 Å². The van der Waals surface area contributed by atoms with Crippen molar-refractivity contribution < 1.29 is 19.0 Å². The summed E-state index contributed by atoms with van der Waals surface area (Å²) in [6.07, 6.45) is 3.01. The Hall–Kier alpha value is -2.73. The van der Waals surface area contributed by atoms with Gasteiger partial charge in [0.1, 0.15) is 5.75 Å². The number of carbonyl (C=O) groups excluding carboxylic acids is 1. The second kappa shape index (κ2) is 8.52. The normalized spacial score (nSPS) is 19.1. The van der Waals surface area contributed by atoms with Crippen LogP contribution < -0.4 is 19.5 Å². The highest BCUT2D eigenvalue weighted by Crippen LogP contribution is 2.37. The Kier molecular flexibility index (Phi) is 5.67. The Balaban J connectivity index is 1.41. The molecule has 2 aromatic rings. The van der Waals surface area contributed by atoms with Crippen LogP contribution in [0.25, 0.3) is 0 Å². The molecule has 1 unspecified atom stereocenters. The van der Waals surface area contributed by atoms with Gasteiger partial charge < -0.3 is 19.5 Å². The Morgan fingerprint density at radius 3 is 2.68 bits per heavy atom. The van der Waals surface area contributed by atoms with Gasteiger partial charge in [0.2, 0.25) is 5.91 Å². The monoisotopic (exact) mass is 382 g/mol. The number of benzene rings is 2. The minimum Gasteiger partial charge on any atom is -0.497 e. The molecule has 2 aliphatic heterocycles. The van der Waals surface area contributed by atoms with E-state index in [1.54, 1.807) is 7.11 Å². The van der Waals surface area contributed by atoms with Crippen molar-refractivity contribution >= 4 is 11.6 Å². The van der Waals surface area contributed by atoms with Gasteiger partial charge in [-0.15, -0.1) is 0 Å². The van der Waals surface area contributed by atoms with Gasteiger partial charge in [0.15, 0.2) is 11.5 Å². The molecule has 0 bridgehead atoms. The molecule has 0 aliphatic carbocycles. The van der Waals surface area contributed by atoms with Gasteiger partial charge in [-0.3, -0.25) is 9.69 Å². The number of ether oxygens (including phenoxy) is 3. The van der Waals surface area contributed by atoms with Crippen molar-refractivity contribution in [1.82, 2.24) is 4.90 Å².